The smallest absolute Gasteiger partial charge is 0.216 e. The van der Waals surface area contributed by atoms with Gasteiger partial charge >= 0.3 is 0 Å². The molecule has 20 heavy (non-hydrogen) atoms. The van der Waals surface area contributed by atoms with E-state index in [4.69, 9.17) is 0 Å². The highest BCUT2D eigenvalue weighted by Crippen LogP contribution is 2.23. The number of nitrogens with one attached hydrogen (secondary N) is 1. The van der Waals surface area contributed by atoms with Crippen LogP contribution in [0.3, 0.4) is 0 Å². The van der Waals surface area contributed by atoms with Gasteiger partial charge in [-0.1, -0.05) is 0 Å². The molecule has 0 radical (unpaired) electrons. The molecule has 2 heterocycles. The average Bonchev–Trinajstić information content (AvgIpc) is 3.10. The number of rotatable bonds is 6. The van der Waals surface area contributed by atoms with Gasteiger partial charge < -0.3 is 4.90 Å². The summed E-state index contributed by atoms with van der Waals surface area (Å²) in [4.78, 5) is 6.25. The number of aromatic nitrogens is 1. The van der Waals surface area contributed by atoms with E-state index in [-0.39, 0.29) is 11.3 Å². The maximum absolute atomic E-state index is 12.2. The molecule has 1 aromatic rings. The fraction of sp³-hybridized carbons (Fsp3) is 0.643. The summed E-state index contributed by atoms with van der Waals surface area (Å²) in [7, 11) is -3.11. The van der Waals surface area contributed by atoms with Crippen LogP contribution in [0, 0.1) is 0 Å². The Kier molecular flexibility index (Phi) is 4.05. The molecule has 1 aliphatic carbocycles. The zero-order valence-corrected chi connectivity index (χ0v) is 12.3. The van der Waals surface area contributed by atoms with Crippen LogP contribution in [0.1, 0.15) is 24.8 Å². The lowest BCUT2D eigenvalue weighted by molar-refractivity contribution is 0.343. The highest BCUT2D eigenvalue weighted by atomic mass is 32.2. The van der Waals surface area contributed by atoms with Gasteiger partial charge in [0.25, 0.3) is 0 Å². The van der Waals surface area contributed by atoms with Crippen LogP contribution in [0.4, 0.5) is 0 Å². The highest BCUT2D eigenvalue weighted by molar-refractivity contribution is 7.90. The Morgan fingerprint density at radius 3 is 2.70 bits per heavy atom. The fourth-order valence-corrected chi connectivity index (χ4v) is 4.34. The largest absolute Gasteiger partial charge is 0.302 e. The Labute approximate surface area is 120 Å². The van der Waals surface area contributed by atoms with Crippen molar-refractivity contribution in [3.8, 4) is 0 Å². The van der Waals surface area contributed by atoms with E-state index in [1.807, 2.05) is 12.1 Å². The molecule has 110 valence electrons. The van der Waals surface area contributed by atoms with Crippen molar-refractivity contribution in [1.29, 1.82) is 0 Å². The van der Waals surface area contributed by atoms with E-state index < -0.39 is 10.0 Å². The number of nitrogens with zero attached hydrogens (tertiary/aromatic N) is 2. The molecular weight excluding hydrogens is 274 g/mol. The fourth-order valence-electron chi connectivity index (χ4n) is 2.62. The Morgan fingerprint density at radius 1 is 1.25 bits per heavy atom. The molecule has 0 aromatic carbocycles. The molecule has 1 saturated heterocycles. The van der Waals surface area contributed by atoms with Crippen LogP contribution in [-0.2, 0) is 16.4 Å². The Balaban J connectivity index is 1.49. The van der Waals surface area contributed by atoms with E-state index in [2.05, 4.69) is 14.6 Å². The van der Waals surface area contributed by atoms with E-state index in [9.17, 15) is 8.42 Å². The number of pyridine rings is 1. The molecule has 2 aliphatic rings. The van der Waals surface area contributed by atoms with E-state index in [1.165, 1.54) is 5.56 Å². The predicted molar refractivity (Wildman–Crippen MR) is 77.9 cm³/mol. The summed E-state index contributed by atoms with van der Waals surface area (Å²) in [5, 5.41) is -0.236. The molecular formula is C14H21N3O2S. The molecule has 0 bridgehead atoms. The molecule has 1 aliphatic heterocycles. The zero-order valence-electron chi connectivity index (χ0n) is 11.5. The van der Waals surface area contributed by atoms with Gasteiger partial charge in [-0.2, -0.15) is 0 Å². The highest BCUT2D eigenvalue weighted by Gasteiger charge is 2.36. The van der Waals surface area contributed by atoms with Crippen molar-refractivity contribution in [3.63, 3.8) is 0 Å². The second-order valence-electron chi connectivity index (χ2n) is 5.75. The average molecular weight is 295 g/mol. The Morgan fingerprint density at radius 2 is 2.00 bits per heavy atom. The van der Waals surface area contributed by atoms with Gasteiger partial charge in [0.1, 0.15) is 0 Å². The number of sulfonamides is 1. The SMILES string of the molecule is O=S(=O)(NC1CC1)[C@@H]1CCN(CCc2ccncc2)C1. The first-order valence-corrected chi connectivity index (χ1v) is 8.80. The molecule has 1 atom stereocenters. The third-order valence-electron chi connectivity index (χ3n) is 4.04. The summed E-state index contributed by atoms with van der Waals surface area (Å²) in [6.07, 6.45) is 7.29. The first kappa shape index (κ1) is 14.0. The minimum atomic E-state index is -3.11. The van der Waals surface area contributed by atoms with Crippen LogP contribution >= 0.6 is 0 Å². The van der Waals surface area contributed by atoms with E-state index >= 15 is 0 Å². The van der Waals surface area contributed by atoms with Crippen molar-refractivity contribution in [2.75, 3.05) is 19.6 Å². The van der Waals surface area contributed by atoms with Gasteiger partial charge in [0.05, 0.1) is 5.25 Å². The molecule has 6 heteroatoms. The first-order chi connectivity index (χ1) is 9.63. The van der Waals surface area contributed by atoms with Crippen molar-refractivity contribution in [2.45, 2.75) is 37.0 Å². The van der Waals surface area contributed by atoms with Gasteiger partial charge in [0.15, 0.2) is 0 Å². The summed E-state index contributed by atoms with van der Waals surface area (Å²) in [6.45, 7) is 2.45. The lowest BCUT2D eigenvalue weighted by Crippen LogP contribution is -2.37. The minimum absolute atomic E-state index is 0.214. The second kappa shape index (κ2) is 5.79. The molecule has 0 spiro atoms. The topological polar surface area (TPSA) is 62.3 Å². The lowest BCUT2D eigenvalue weighted by atomic mass is 10.2. The summed E-state index contributed by atoms with van der Waals surface area (Å²) < 4.78 is 27.1. The molecule has 1 N–H and O–H groups in total. The normalized spacial score (nSPS) is 24.1. The molecule has 1 aromatic heterocycles. The van der Waals surface area contributed by atoms with E-state index in [1.54, 1.807) is 12.4 Å². The zero-order chi connectivity index (χ0) is 14.0. The van der Waals surface area contributed by atoms with Crippen molar-refractivity contribution >= 4 is 10.0 Å². The van der Waals surface area contributed by atoms with Crippen LogP contribution in [0.2, 0.25) is 0 Å². The predicted octanol–water partition coefficient (Wildman–Crippen LogP) is 0.780. The molecule has 3 rings (SSSR count). The van der Waals surface area contributed by atoms with E-state index in [0.29, 0.717) is 6.54 Å². The Hall–Kier alpha value is -0.980. The Bertz CT molecular complexity index is 543. The minimum Gasteiger partial charge on any atom is -0.302 e. The van der Waals surface area contributed by atoms with Crippen molar-refractivity contribution in [3.05, 3.63) is 30.1 Å². The van der Waals surface area contributed by atoms with Crippen LogP contribution in [0.15, 0.2) is 24.5 Å². The summed E-state index contributed by atoms with van der Waals surface area (Å²) >= 11 is 0. The maximum atomic E-state index is 12.2. The molecule has 2 fully saturated rings. The van der Waals surface area contributed by atoms with Crippen molar-refractivity contribution < 1.29 is 8.42 Å². The van der Waals surface area contributed by atoms with E-state index in [0.717, 1.165) is 38.8 Å². The lowest BCUT2D eigenvalue weighted by Gasteiger charge is -2.16. The van der Waals surface area contributed by atoms with Gasteiger partial charge in [-0.05, 0) is 49.9 Å². The summed E-state index contributed by atoms with van der Waals surface area (Å²) in [5.74, 6) is 0. The molecule has 5 nitrogen and oxygen atoms in total. The number of hydrogen-bond donors (Lipinski definition) is 1. The first-order valence-electron chi connectivity index (χ1n) is 7.26. The van der Waals surface area contributed by atoms with Gasteiger partial charge in [0, 0.05) is 31.5 Å². The van der Waals surface area contributed by atoms with Gasteiger partial charge in [-0.25, -0.2) is 13.1 Å². The third kappa shape index (κ3) is 3.56. The van der Waals surface area contributed by atoms with Crippen LogP contribution < -0.4 is 4.72 Å². The number of hydrogen-bond acceptors (Lipinski definition) is 4. The van der Waals surface area contributed by atoms with Gasteiger partial charge in [0.2, 0.25) is 10.0 Å². The standard InChI is InChI=1S/C14H21N3O2S/c18-20(19,16-13-1-2-13)14-6-10-17(11-14)9-5-12-3-7-15-8-4-12/h3-4,7-8,13-14,16H,1-2,5-6,9-11H2/t14-/m1/s1. The molecule has 1 saturated carbocycles. The second-order valence-corrected chi connectivity index (χ2v) is 7.75. The molecule has 0 unspecified atom stereocenters. The quantitative estimate of drug-likeness (QED) is 0.842. The van der Waals surface area contributed by atoms with Gasteiger partial charge in [-0.3, -0.25) is 4.98 Å². The molecule has 0 amide bonds. The van der Waals surface area contributed by atoms with Crippen LogP contribution in [-0.4, -0.2) is 49.2 Å². The van der Waals surface area contributed by atoms with Crippen molar-refractivity contribution in [2.24, 2.45) is 0 Å². The monoisotopic (exact) mass is 295 g/mol. The number of likely N-dealkylation sites (tertiary alicyclic amines) is 1. The van der Waals surface area contributed by atoms with Crippen molar-refractivity contribution in [1.82, 2.24) is 14.6 Å². The van der Waals surface area contributed by atoms with Crippen LogP contribution in [0.25, 0.3) is 0 Å². The van der Waals surface area contributed by atoms with Crippen LogP contribution in [0.5, 0.6) is 0 Å². The summed E-state index contributed by atoms with van der Waals surface area (Å²) in [6, 6.07) is 4.24. The summed E-state index contributed by atoms with van der Waals surface area (Å²) in [5.41, 5.74) is 1.25. The maximum Gasteiger partial charge on any atom is 0.216 e. The third-order valence-corrected chi connectivity index (χ3v) is 5.97. The van der Waals surface area contributed by atoms with Gasteiger partial charge in [-0.15, -0.1) is 0 Å².